The molecule has 21 heavy (non-hydrogen) atoms. The summed E-state index contributed by atoms with van der Waals surface area (Å²) in [5.74, 6) is 0.668. The average Bonchev–Trinajstić information content (AvgIpc) is 2.74. The van der Waals surface area contributed by atoms with Crippen LogP contribution in [-0.4, -0.2) is 9.97 Å². The average molecular weight is 315 g/mol. The van der Waals surface area contributed by atoms with Gasteiger partial charge in [-0.3, -0.25) is 0 Å². The zero-order valence-electron chi connectivity index (χ0n) is 11.4. The number of aryl methyl sites for hydroxylation is 2. The Morgan fingerprint density at radius 2 is 2.10 bits per heavy atom. The lowest BCUT2D eigenvalue weighted by Gasteiger charge is -2.08. The number of benzene rings is 1. The highest BCUT2D eigenvalue weighted by molar-refractivity contribution is 7.18. The maximum absolute atomic E-state index is 8.97. The summed E-state index contributed by atoms with van der Waals surface area (Å²) in [5.41, 5.74) is 2.54. The van der Waals surface area contributed by atoms with Crippen molar-refractivity contribution in [2.75, 3.05) is 5.32 Å². The molecule has 0 aliphatic heterocycles. The molecule has 6 heteroatoms. The number of nitrogens with zero attached hydrogens (tertiary/aromatic N) is 3. The molecule has 104 valence electrons. The van der Waals surface area contributed by atoms with E-state index in [-0.39, 0.29) is 5.28 Å². The normalized spacial score (nSPS) is 10.6. The van der Waals surface area contributed by atoms with Crippen molar-refractivity contribution in [2.45, 2.75) is 13.8 Å². The molecule has 3 aromatic rings. The molecule has 0 atom stereocenters. The minimum absolute atomic E-state index is 0.211. The first-order chi connectivity index (χ1) is 10.1. The zero-order chi connectivity index (χ0) is 15.0. The fraction of sp³-hybridized carbons (Fsp3) is 0.133. The molecule has 0 fully saturated rings. The topological polar surface area (TPSA) is 61.6 Å². The van der Waals surface area contributed by atoms with Gasteiger partial charge in [-0.05, 0) is 49.2 Å². The van der Waals surface area contributed by atoms with Gasteiger partial charge in [-0.2, -0.15) is 10.2 Å². The fourth-order valence-corrected chi connectivity index (χ4v) is 3.37. The van der Waals surface area contributed by atoms with E-state index in [1.807, 2.05) is 19.1 Å². The van der Waals surface area contributed by atoms with Crippen molar-refractivity contribution in [1.29, 1.82) is 5.26 Å². The molecule has 4 nitrogen and oxygen atoms in total. The molecule has 0 aliphatic rings. The van der Waals surface area contributed by atoms with Crippen LogP contribution < -0.4 is 5.32 Å². The van der Waals surface area contributed by atoms with Gasteiger partial charge in [0.2, 0.25) is 5.28 Å². The second kappa shape index (κ2) is 5.32. The summed E-state index contributed by atoms with van der Waals surface area (Å²) < 4.78 is 0. The van der Waals surface area contributed by atoms with E-state index in [1.54, 1.807) is 23.5 Å². The van der Waals surface area contributed by atoms with Crippen LogP contribution in [0.4, 0.5) is 11.5 Å². The molecule has 0 saturated carbocycles. The fourth-order valence-electron chi connectivity index (χ4n) is 2.12. The SMILES string of the molecule is Cc1sc2nc(Cl)nc(Nc3cccc(C#N)c3)c2c1C. The van der Waals surface area contributed by atoms with Gasteiger partial charge in [-0.1, -0.05) is 6.07 Å². The molecular formula is C15H11ClN4S. The summed E-state index contributed by atoms with van der Waals surface area (Å²) in [6, 6.07) is 9.36. The highest BCUT2D eigenvalue weighted by Gasteiger charge is 2.14. The summed E-state index contributed by atoms with van der Waals surface area (Å²) in [5, 5.41) is 13.4. The van der Waals surface area contributed by atoms with Crippen LogP contribution >= 0.6 is 22.9 Å². The van der Waals surface area contributed by atoms with E-state index in [2.05, 4.69) is 28.3 Å². The third-order valence-corrected chi connectivity index (χ3v) is 4.53. The van der Waals surface area contributed by atoms with Crippen molar-refractivity contribution < 1.29 is 0 Å². The molecule has 0 radical (unpaired) electrons. The van der Waals surface area contributed by atoms with Crippen molar-refractivity contribution in [2.24, 2.45) is 0 Å². The number of fused-ring (bicyclic) bond motifs is 1. The van der Waals surface area contributed by atoms with E-state index >= 15 is 0 Å². The first kappa shape index (κ1) is 13.8. The molecule has 1 N–H and O–H groups in total. The molecule has 0 spiro atoms. The monoisotopic (exact) mass is 314 g/mol. The van der Waals surface area contributed by atoms with E-state index in [0.29, 0.717) is 11.4 Å². The van der Waals surface area contributed by atoms with Crippen LogP contribution in [0.15, 0.2) is 24.3 Å². The lowest BCUT2D eigenvalue weighted by atomic mass is 10.2. The largest absolute Gasteiger partial charge is 0.339 e. The summed E-state index contributed by atoms with van der Waals surface area (Å²) in [6.45, 7) is 4.10. The third-order valence-electron chi connectivity index (χ3n) is 3.26. The maximum Gasteiger partial charge on any atom is 0.225 e. The van der Waals surface area contributed by atoms with E-state index < -0.39 is 0 Å². The second-order valence-electron chi connectivity index (χ2n) is 4.62. The number of nitrogens with one attached hydrogen (secondary N) is 1. The van der Waals surface area contributed by atoms with Crippen LogP contribution in [0.1, 0.15) is 16.0 Å². The van der Waals surface area contributed by atoms with Crippen LogP contribution in [0.5, 0.6) is 0 Å². The van der Waals surface area contributed by atoms with Crippen LogP contribution in [0.2, 0.25) is 5.28 Å². The van der Waals surface area contributed by atoms with Crippen LogP contribution in [0.3, 0.4) is 0 Å². The molecule has 0 saturated heterocycles. The van der Waals surface area contributed by atoms with Gasteiger partial charge in [-0.25, -0.2) is 4.98 Å². The summed E-state index contributed by atoms with van der Waals surface area (Å²) >= 11 is 7.60. The molecule has 2 heterocycles. The number of anilines is 2. The Morgan fingerprint density at radius 3 is 2.86 bits per heavy atom. The quantitative estimate of drug-likeness (QED) is 0.703. The zero-order valence-corrected chi connectivity index (χ0v) is 13.0. The lowest BCUT2D eigenvalue weighted by Crippen LogP contribution is -1.97. The number of halogens is 1. The van der Waals surface area contributed by atoms with Crippen LogP contribution in [0, 0.1) is 25.2 Å². The number of thiophene rings is 1. The van der Waals surface area contributed by atoms with Gasteiger partial charge < -0.3 is 5.32 Å². The standard InChI is InChI=1S/C15H11ClN4S/c1-8-9(2)21-14-12(8)13(19-15(16)20-14)18-11-5-3-4-10(6-11)7-17/h3-6H,1-2H3,(H,18,19,20). The van der Waals surface area contributed by atoms with Gasteiger partial charge >= 0.3 is 0 Å². The molecule has 0 unspecified atom stereocenters. The Kier molecular flexibility index (Phi) is 3.50. The predicted octanol–water partition coefficient (Wildman–Crippen LogP) is 4.58. The highest BCUT2D eigenvalue weighted by Crippen LogP contribution is 2.35. The maximum atomic E-state index is 8.97. The second-order valence-corrected chi connectivity index (χ2v) is 6.16. The van der Waals surface area contributed by atoms with Gasteiger partial charge in [0.15, 0.2) is 0 Å². The summed E-state index contributed by atoms with van der Waals surface area (Å²) in [4.78, 5) is 10.6. The predicted molar refractivity (Wildman–Crippen MR) is 86.3 cm³/mol. The first-order valence-corrected chi connectivity index (χ1v) is 7.48. The van der Waals surface area contributed by atoms with E-state index in [9.17, 15) is 0 Å². The Bertz CT molecular complexity index is 879. The van der Waals surface area contributed by atoms with Gasteiger partial charge in [0.05, 0.1) is 17.0 Å². The number of hydrogen-bond donors (Lipinski definition) is 1. The van der Waals surface area contributed by atoms with Gasteiger partial charge in [-0.15, -0.1) is 11.3 Å². The smallest absolute Gasteiger partial charge is 0.225 e. The van der Waals surface area contributed by atoms with Crippen molar-refractivity contribution in [3.05, 3.63) is 45.6 Å². The summed E-state index contributed by atoms with van der Waals surface area (Å²) in [6.07, 6.45) is 0. The van der Waals surface area contributed by atoms with Gasteiger partial charge in [0.1, 0.15) is 10.6 Å². The van der Waals surface area contributed by atoms with Crippen LogP contribution in [-0.2, 0) is 0 Å². The number of nitriles is 1. The molecule has 0 bridgehead atoms. The Balaban J connectivity index is 2.13. The number of rotatable bonds is 2. The molecule has 0 amide bonds. The van der Waals surface area contributed by atoms with Crippen molar-refractivity contribution in [3.8, 4) is 6.07 Å². The lowest BCUT2D eigenvalue weighted by molar-refractivity contribution is 1.22. The Labute approximate surface area is 131 Å². The summed E-state index contributed by atoms with van der Waals surface area (Å²) in [7, 11) is 0. The molecule has 3 rings (SSSR count). The number of aromatic nitrogens is 2. The van der Waals surface area contributed by atoms with E-state index in [4.69, 9.17) is 16.9 Å². The number of hydrogen-bond acceptors (Lipinski definition) is 5. The molecule has 1 aromatic carbocycles. The Morgan fingerprint density at radius 1 is 1.29 bits per heavy atom. The minimum atomic E-state index is 0.211. The molecular weight excluding hydrogens is 304 g/mol. The van der Waals surface area contributed by atoms with Gasteiger partial charge in [0, 0.05) is 10.6 Å². The Hall–Kier alpha value is -2.16. The minimum Gasteiger partial charge on any atom is -0.339 e. The molecule has 0 aliphatic carbocycles. The van der Waals surface area contributed by atoms with Crippen LogP contribution in [0.25, 0.3) is 10.2 Å². The van der Waals surface area contributed by atoms with E-state index in [0.717, 1.165) is 21.5 Å². The third kappa shape index (κ3) is 2.56. The first-order valence-electron chi connectivity index (χ1n) is 6.29. The van der Waals surface area contributed by atoms with Gasteiger partial charge in [0.25, 0.3) is 0 Å². The van der Waals surface area contributed by atoms with Crippen molar-refractivity contribution in [1.82, 2.24) is 9.97 Å². The van der Waals surface area contributed by atoms with Crippen molar-refractivity contribution >= 4 is 44.7 Å². The van der Waals surface area contributed by atoms with E-state index in [1.165, 1.54) is 4.88 Å². The molecule has 2 aromatic heterocycles. The van der Waals surface area contributed by atoms with Crippen molar-refractivity contribution in [3.63, 3.8) is 0 Å². The highest BCUT2D eigenvalue weighted by atomic mass is 35.5.